The minimum absolute atomic E-state index is 0.114. The molecule has 4 aromatic rings. The molecule has 76 heavy (non-hydrogen) atoms. The van der Waals surface area contributed by atoms with Crippen LogP contribution in [0.1, 0.15) is 214 Å². The van der Waals surface area contributed by atoms with Gasteiger partial charge in [0.15, 0.2) is 0 Å². The van der Waals surface area contributed by atoms with Gasteiger partial charge in [-0.05, 0) is 163 Å². The van der Waals surface area contributed by atoms with E-state index in [0.717, 1.165) is 159 Å². The van der Waals surface area contributed by atoms with Crippen molar-refractivity contribution in [2.24, 2.45) is 0 Å². The van der Waals surface area contributed by atoms with Gasteiger partial charge < -0.3 is 49.9 Å². The highest BCUT2D eigenvalue weighted by Gasteiger charge is 2.42. The molecule has 0 saturated heterocycles. The van der Waals surface area contributed by atoms with Gasteiger partial charge in [-0.2, -0.15) is 0 Å². The van der Waals surface area contributed by atoms with E-state index < -0.39 is 22.4 Å². The van der Waals surface area contributed by atoms with Gasteiger partial charge in [0.1, 0.15) is 23.0 Å². The smallest absolute Gasteiger partial charge is 0.118 e. The Morgan fingerprint density at radius 2 is 0.592 bits per heavy atom. The molecule has 0 heterocycles. The third-order valence-electron chi connectivity index (χ3n) is 17.3. The minimum atomic E-state index is -0.598. The van der Waals surface area contributed by atoms with Crippen LogP contribution in [-0.2, 0) is 0 Å². The maximum Gasteiger partial charge on any atom is 0.118 e. The van der Waals surface area contributed by atoms with E-state index in [4.69, 9.17) is 9.47 Å². The Kier molecular flexibility index (Phi) is 25.4. The molecule has 424 valence electrons. The summed E-state index contributed by atoms with van der Waals surface area (Å²) in [6.07, 6.45) is 25.6. The van der Waals surface area contributed by atoms with Gasteiger partial charge in [-0.3, -0.25) is 0 Å². The first-order chi connectivity index (χ1) is 36.4. The Morgan fingerprint density at radius 1 is 0.368 bits per heavy atom. The fourth-order valence-electron chi connectivity index (χ4n) is 13.1. The highest BCUT2D eigenvalue weighted by Crippen LogP contribution is 2.45. The van der Waals surface area contributed by atoms with Gasteiger partial charge in [-0.25, -0.2) is 0 Å². The molecule has 8 rings (SSSR count). The molecule has 4 unspecified atom stereocenters. The van der Waals surface area contributed by atoms with Crippen LogP contribution in [0.4, 0.5) is 0 Å². The Morgan fingerprint density at radius 3 is 0.816 bits per heavy atom. The summed E-state index contributed by atoms with van der Waals surface area (Å²) in [6.45, 7) is 6.08. The standard InChI is InChI=1S/C17H27NO2.C17H26O2.C16H25NO2.C16H24O2/c1-18(2)13-16(17(19)11-5-4-6-12-17)14-7-9-15(20-3)10-8-14;1-3-7-16(17(18)12-5-4-6-13-17)14-8-10-15(19-2)11-9-14;1-17(2)12-15(13-6-8-14(18)9-7-13)16(19)10-4-3-5-11-16;1-2-6-15(13-7-9-14(17)10-8-13)16(18)11-4-3-5-12-16/h7-10,16,19H,4-6,11-13H2,1-3H3;8-11,16,18H,3-7,12-13H2,1-2H3;6-9,15,18-19H,3-5,10-12H2,1-2H3;7-10,15,17-18H,2-6,11-12H2,1H3. The zero-order chi connectivity index (χ0) is 55.2. The van der Waals surface area contributed by atoms with Gasteiger partial charge >= 0.3 is 0 Å². The summed E-state index contributed by atoms with van der Waals surface area (Å²) in [7, 11) is 11.6. The molecule has 0 aromatic heterocycles. The van der Waals surface area contributed by atoms with Gasteiger partial charge in [-0.15, -0.1) is 0 Å². The predicted octanol–water partition coefficient (Wildman–Crippen LogP) is 14.0. The van der Waals surface area contributed by atoms with Crippen LogP contribution >= 0.6 is 0 Å². The van der Waals surface area contributed by atoms with Crippen molar-refractivity contribution >= 4 is 0 Å². The molecule has 4 saturated carbocycles. The number of methoxy groups -OCH3 is 2. The molecule has 10 heteroatoms. The van der Waals surface area contributed by atoms with E-state index in [2.05, 4.69) is 62.0 Å². The van der Waals surface area contributed by atoms with Crippen molar-refractivity contribution in [2.75, 3.05) is 55.5 Å². The molecule has 4 aromatic carbocycles. The van der Waals surface area contributed by atoms with Gasteiger partial charge in [0.2, 0.25) is 0 Å². The zero-order valence-electron chi connectivity index (χ0n) is 48.3. The number of phenols is 2. The van der Waals surface area contributed by atoms with Crippen molar-refractivity contribution < 1.29 is 40.1 Å². The number of benzene rings is 4. The van der Waals surface area contributed by atoms with E-state index in [1.807, 2.05) is 62.6 Å². The number of hydrogen-bond acceptors (Lipinski definition) is 10. The summed E-state index contributed by atoms with van der Waals surface area (Å²) in [6, 6.07) is 31.1. The SMILES string of the molecule is CCCC(c1ccc(O)cc1)C1(O)CCCCC1.CCCC(c1ccc(OC)cc1)C1(O)CCCCC1.CN(C)CC(c1ccc(O)cc1)C1(O)CCCCC1.COc1ccc(C(CN(C)C)C2(O)CCCCC2)cc1. The second kappa shape index (κ2) is 30.8. The third kappa shape index (κ3) is 18.5. The van der Waals surface area contributed by atoms with E-state index in [9.17, 15) is 30.6 Å². The lowest BCUT2D eigenvalue weighted by atomic mass is 9.71. The Hall–Kier alpha value is -4.16. The first kappa shape index (κ1) is 62.7. The molecule has 0 radical (unpaired) electrons. The topological polar surface area (TPSA) is 146 Å². The Bertz CT molecular complexity index is 2170. The van der Waals surface area contributed by atoms with Crippen LogP contribution in [-0.4, -0.2) is 118 Å². The first-order valence-corrected chi connectivity index (χ1v) is 29.5. The molecular weight excluding hydrogens is 949 g/mol. The van der Waals surface area contributed by atoms with E-state index in [-0.39, 0.29) is 29.4 Å². The van der Waals surface area contributed by atoms with Crippen LogP contribution in [0.3, 0.4) is 0 Å². The summed E-state index contributed by atoms with van der Waals surface area (Å²) < 4.78 is 10.4. The van der Waals surface area contributed by atoms with Crippen molar-refractivity contribution in [2.45, 2.75) is 214 Å². The van der Waals surface area contributed by atoms with E-state index in [1.54, 1.807) is 38.5 Å². The normalized spacial score (nSPS) is 20.2. The van der Waals surface area contributed by atoms with Crippen LogP contribution in [0.2, 0.25) is 0 Å². The molecule has 4 fully saturated rings. The number of aliphatic hydroxyl groups is 4. The molecule has 0 aliphatic heterocycles. The van der Waals surface area contributed by atoms with Crippen molar-refractivity contribution in [1.29, 1.82) is 0 Å². The lowest BCUT2D eigenvalue weighted by Gasteiger charge is -2.40. The van der Waals surface area contributed by atoms with Crippen LogP contribution in [0.25, 0.3) is 0 Å². The lowest BCUT2D eigenvalue weighted by molar-refractivity contribution is -0.0280. The second-order valence-corrected chi connectivity index (χ2v) is 23.7. The Balaban J connectivity index is 0.000000187. The summed E-state index contributed by atoms with van der Waals surface area (Å²) in [5.41, 5.74) is 2.57. The lowest BCUT2D eigenvalue weighted by Crippen LogP contribution is -2.42. The van der Waals surface area contributed by atoms with Crippen LogP contribution in [0.15, 0.2) is 97.1 Å². The monoisotopic (exact) mass is 1050 g/mol. The molecule has 0 spiro atoms. The van der Waals surface area contributed by atoms with Gasteiger partial charge in [0, 0.05) is 36.8 Å². The van der Waals surface area contributed by atoms with Crippen LogP contribution < -0.4 is 9.47 Å². The summed E-state index contributed by atoms with van der Waals surface area (Å²) in [4.78, 5) is 4.30. The summed E-state index contributed by atoms with van der Waals surface area (Å²) in [5, 5.41) is 62.9. The third-order valence-corrected chi connectivity index (χ3v) is 17.3. The maximum atomic E-state index is 11.1. The fourth-order valence-corrected chi connectivity index (χ4v) is 13.1. The number of nitrogens with zero attached hydrogens (tertiary/aromatic N) is 2. The van der Waals surface area contributed by atoms with Gasteiger partial charge in [0.05, 0.1) is 36.6 Å². The molecule has 0 amide bonds. The van der Waals surface area contributed by atoms with Crippen LogP contribution in [0, 0.1) is 0 Å². The predicted molar refractivity (Wildman–Crippen MR) is 312 cm³/mol. The van der Waals surface area contributed by atoms with Crippen LogP contribution in [0.5, 0.6) is 23.0 Å². The van der Waals surface area contributed by atoms with Crippen molar-refractivity contribution in [1.82, 2.24) is 9.80 Å². The second-order valence-electron chi connectivity index (χ2n) is 23.7. The van der Waals surface area contributed by atoms with Crippen molar-refractivity contribution in [3.8, 4) is 23.0 Å². The van der Waals surface area contributed by atoms with E-state index in [0.29, 0.717) is 5.75 Å². The summed E-state index contributed by atoms with van der Waals surface area (Å²) >= 11 is 0. The van der Waals surface area contributed by atoms with Gasteiger partial charge in [-0.1, -0.05) is 152 Å². The van der Waals surface area contributed by atoms with E-state index >= 15 is 0 Å². The quantitative estimate of drug-likeness (QED) is 0.0569. The molecular formula is C66H102N2O8. The highest BCUT2D eigenvalue weighted by molar-refractivity contribution is 5.34. The average molecular weight is 1050 g/mol. The molecule has 4 aliphatic rings. The number of ether oxygens (including phenoxy) is 2. The van der Waals surface area contributed by atoms with Gasteiger partial charge in [0.25, 0.3) is 0 Å². The number of phenolic OH excluding ortho intramolecular Hbond substituents is 2. The molecule has 6 N–H and O–H groups in total. The number of hydrogen-bond donors (Lipinski definition) is 6. The highest BCUT2D eigenvalue weighted by atomic mass is 16.5. The number of aromatic hydroxyl groups is 2. The largest absolute Gasteiger partial charge is 0.508 e. The molecule has 4 aliphatic carbocycles. The van der Waals surface area contributed by atoms with Crippen molar-refractivity contribution in [3.63, 3.8) is 0 Å². The molecule has 4 atom stereocenters. The number of rotatable bonds is 18. The fraction of sp³-hybridized carbons (Fsp3) is 0.636. The van der Waals surface area contributed by atoms with E-state index in [1.165, 1.54) is 42.4 Å². The average Bonchev–Trinajstić information content (AvgIpc) is 3.42. The first-order valence-electron chi connectivity index (χ1n) is 29.5. The molecule has 10 nitrogen and oxygen atoms in total. The number of likely N-dealkylation sites (N-methyl/N-ethyl adjacent to an activating group) is 2. The Labute approximate surface area is 459 Å². The van der Waals surface area contributed by atoms with Crippen molar-refractivity contribution in [3.05, 3.63) is 119 Å². The zero-order valence-corrected chi connectivity index (χ0v) is 48.3. The summed E-state index contributed by atoms with van der Waals surface area (Å²) in [5.74, 6) is 3.09. The minimum Gasteiger partial charge on any atom is -0.508 e. The molecule has 0 bridgehead atoms. The maximum absolute atomic E-state index is 11.1.